The Labute approximate surface area is 175 Å². The number of nitrogens with zero attached hydrogens (tertiary/aromatic N) is 2. The monoisotopic (exact) mass is 294 g/mol. The van der Waals surface area contributed by atoms with Gasteiger partial charge in [0.2, 0.25) is 0 Å². The summed E-state index contributed by atoms with van der Waals surface area (Å²) < 4.78 is 0.694. The first-order valence-corrected chi connectivity index (χ1v) is 2.88. The smallest absolute Gasteiger partial charge is 0.356 e. The van der Waals surface area contributed by atoms with Crippen LogP contribution >= 0.6 is 24.8 Å². The Morgan fingerprint density at radius 2 is 1.07 bits per heavy atom. The summed E-state index contributed by atoms with van der Waals surface area (Å²) in [5.74, 6) is 0. The summed E-state index contributed by atoms with van der Waals surface area (Å²) in [6.45, 7) is 1.76. The van der Waals surface area contributed by atoms with Crippen molar-refractivity contribution in [3.8, 4) is 0 Å². The van der Waals surface area contributed by atoms with Gasteiger partial charge in [-0.1, -0.05) is 12.2 Å². The zero-order chi connectivity index (χ0) is 10.7. The summed E-state index contributed by atoms with van der Waals surface area (Å²) in [5.41, 5.74) is 0. The number of thiol groups is 1. The fourth-order valence-corrected chi connectivity index (χ4v) is 0. The van der Waals surface area contributed by atoms with Crippen LogP contribution in [0.1, 0.15) is 6.92 Å². The van der Waals surface area contributed by atoms with E-state index in [-0.39, 0.29) is 103 Å². The molecule has 0 rings (SSSR count). The molecule has 0 aliphatic carbocycles. The van der Waals surface area contributed by atoms with Crippen LogP contribution in [0.15, 0.2) is 0 Å². The van der Waals surface area contributed by atoms with Crippen LogP contribution in [-0.4, -0.2) is 14.4 Å². The van der Waals surface area contributed by atoms with Gasteiger partial charge >= 0.3 is 103 Å². The summed E-state index contributed by atoms with van der Waals surface area (Å²) in [6, 6.07) is 0. The zero-order valence-corrected chi connectivity index (χ0v) is 15.7. The average molecular weight is 294 g/mol. The SMILES string of the molecule is CC(=S)S.O=[N+]([O-])[O-].O=[N+]([O-])[O-].[K+].[K+]. The van der Waals surface area contributed by atoms with Crippen LogP contribution in [0.5, 0.6) is 0 Å². The maximum absolute atomic E-state index is 8.25. The Morgan fingerprint density at radius 3 is 1.07 bits per heavy atom. The molecule has 12 heteroatoms. The number of rotatable bonds is 0. The minimum atomic E-state index is -1.75. The van der Waals surface area contributed by atoms with E-state index in [0.29, 0.717) is 4.20 Å². The molecule has 0 fully saturated rings. The maximum Gasteiger partial charge on any atom is 1.00 e. The van der Waals surface area contributed by atoms with Crippen molar-refractivity contribution in [2.75, 3.05) is 0 Å². The molecule has 8 nitrogen and oxygen atoms in total. The zero-order valence-electron chi connectivity index (χ0n) is 7.70. The normalized spacial score (nSPS) is 5.29. The van der Waals surface area contributed by atoms with Crippen LogP contribution in [0.3, 0.4) is 0 Å². The molecule has 0 saturated carbocycles. The van der Waals surface area contributed by atoms with Gasteiger partial charge in [-0.05, 0) is 6.92 Å². The summed E-state index contributed by atoms with van der Waals surface area (Å²) in [7, 11) is 0. The minimum absolute atomic E-state index is 0. The van der Waals surface area contributed by atoms with Crippen LogP contribution in [0, 0.1) is 30.6 Å². The second kappa shape index (κ2) is 24.4. The topological polar surface area (TPSA) is 132 Å². The number of hydrogen-bond donors (Lipinski definition) is 1. The molecule has 0 unspecified atom stereocenters. The van der Waals surface area contributed by atoms with Gasteiger partial charge in [-0.25, -0.2) is 0 Å². The molecule has 0 aromatic rings. The Morgan fingerprint density at radius 1 is 1.07 bits per heavy atom. The van der Waals surface area contributed by atoms with Crippen LogP contribution in [0.25, 0.3) is 0 Å². The van der Waals surface area contributed by atoms with E-state index in [1.165, 1.54) is 0 Å². The molecule has 0 radical (unpaired) electrons. The van der Waals surface area contributed by atoms with Crippen molar-refractivity contribution in [3.63, 3.8) is 0 Å². The fraction of sp³-hybridized carbons (Fsp3) is 0.500. The third-order valence-electron chi connectivity index (χ3n) is 0. The van der Waals surface area contributed by atoms with Gasteiger partial charge in [0.25, 0.3) is 0 Å². The van der Waals surface area contributed by atoms with Crippen LogP contribution in [0.4, 0.5) is 0 Å². The van der Waals surface area contributed by atoms with Crippen molar-refractivity contribution in [1.82, 2.24) is 0 Å². The molecular formula is C2H4K2N2O6S2. The summed E-state index contributed by atoms with van der Waals surface area (Å²) in [4.78, 5) is 16.5. The van der Waals surface area contributed by atoms with Gasteiger partial charge in [0.05, 0.1) is 10.2 Å². The van der Waals surface area contributed by atoms with E-state index >= 15 is 0 Å². The second-order valence-electron chi connectivity index (χ2n) is 0.966. The second-order valence-corrected chi connectivity index (χ2v) is 2.55. The number of hydrogen-bond acceptors (Lipinski definition) is 7. The Kier molecular flexibility index (Phi) is 51.9. The standard InChI is InChI=1S/C2H4S2.2K.2NO3/c1-2(3)4;;;2*2-1(3)4/h1H3,(H,3,4);;;;/q;2*+1;2*-1. The molecule has 14 heavy (non-hydrogen) atoms. The summed E-state index contributed by atoms with van der Waals surface area (Å²) in [6.07, 6.45) is 0. The van der Waals surface area contributed by atoms with Gasteiger partial charge < -0.3 is 30.6 Å². The molecule has 0 bridgehead atoms. The molecule has 0 atom stereocenters. The Bertz CT molecular complexity index is 127. The Hall–Kier alpha value is 2.11. The van der Waals surface area contributed by atoms with E-state index in [4.69, 9.17) is 30.6 Å². The maximum atomic E-state index is 8.25. The average Bonchev–Trinajstić information content (AvgIpc) is 1.54. The van der Waals surface area contributed by atoms with Gasteiger partial charge in [0.1, 0.15) is 0 Å². The van der Waals surface area contributed by atoms with Crippen LogP contribution < -0.4 is 103 Å². The van der Waals surface area contributed by atoms with Crippen molar-refractivity contribution in [2.45, 2.75) is 6.92 Å². The van der Waals surface area contributed by atoms with E-state index in [0.717, 1.165) is 0 Å². The molecule has 0 amide bonds. The van der Waals surface area contributed by atoms with Gasteiger partial charge in [-0.2, -0.15) is 0 Å². The van der Waals surface area contributed by atoms with Crippen molar-refractivity contribution >= 4 is 29.0 Å². The minimum Gasteiger partial charge on any atom is -0.356 e. The largest absolute Gasteiger partial charge is 1.00 e. The Balaban J connectivity index is -0.0000000270. The molecule has 0 saturated heterocycles. The van der Waals surface area contributed by atoms with Crippen LogP contribution in [0.2, 0.25) is 0 Å². The fourth-order valence-electron chi connectivity index (χ4n) is 0. The molecule has 0 spiro atoms. The van der Waals surface area contributed by atoms with Gasteiger partial charge in [0, 0.05) is 4.20 Å². The first-order chi connectivity index (χ1) is 5.20. The molecule has 0 aliphatic heterocycles. The van der Waals surface area contributed by atoms with E-state index < -0.39 is 10.2 Å². The first-order valence-electron chi connectivity index (χ1n) is 2.02. The van der Waals surface area contributed by atoms with E-state index in [2.05, 4.69) is 24.8 Å². The third kappa shape index (κ3) is 544. The molecule has 0 aromatic carbocycles. The van der Waals surface area contributed by atoms with Crippen molar-refractivity contribution < 1.29 is 113 Å². The van der Waals surface area contributed by atoms with Crippen molar-refractivity contribution in [2.24, 2.45) is 0 Å². The molecule has 0 aromatic heterocycles. The molecule has 0 heterocycles. The predicted molar refractivity (Wildman–Crippen MR) is 48.0 cm³/mol. The van der Waals surface area contributed by atoms with Crippen molar-refractivity contribution in [3.05, 3.63) is 30.6 Å². The summed E-state index contributed by atoms with van der Waals surface area (Å²) in [5, 5.41) is 29.5. The van der Waals surface area contributed by atoms with E-state index in [9.17, 15) is 0 Å². The molecule has 0 aliphatic rings. The van der Waals surface area contributed by atoms with Gasteiger partial charge in [-0.15, -0.1) is 12.6 Å². The van der Waals surface area contributed by atoms with Gasteiger partial charge in [0.15, 0.2) is 0 Å². The van der Waals surface area contributed by atoms with Crippen LogP contribution in [-0.2, 0) is 0 Å². The first kappa shape index (κ1) is 29.8. The number of thiocarbonyl (C=S) groups is 1. The van der Waals surface area contributed by atoms with Crippen molar-refractivity contribution in [1.29, 1.82) is 0 Å². The molecular weight excluding hydrogens is 290 g/mol. The predicted octanol–water partition coefficient (Wildman–Crippen LogP) is -5.21. The van der Waals surface area contributed by atoms with E-state index in [1.807, 2.05) is 0 Å². The molecule has 72 valence electrons. The van der Waals surface area contributed by atoms with Gasteiger partial charge in [-0.3, -0.25) is 0 Å². The quantitative estimate of drug-likeness (QED) is 0.155. The van der Waals surface area contributed by atoms with E-state index in [1.54, 1.807) is 6.92 Å². The third-order valence-corrected chi connectivity index (χ3v) is 0. The molecule has 0 N–H and O–H groups in total. The summed E-state index contributed by atoms with van der Waals surface area (Å²) >= 11 is 8.10.